The minimum atomic E-state index is -1.02. The summed E-state index contributed by atoms with van der Waals surface area (Å²) < 4.78 is 5.61. The Kier molecular flexibility index (Phi) is 7.73. The fourth-order valence-electron chi connectivity index (χ4n) is 4.96. The number of hydrogen-bond acceptors (Lipinski definition) is 4. The number of nitrogens with one attached hydrogen (secondary N) is 1. The maximum absolute atomic E-state index is 13.2. The highest BCUT2D eigenvalue weighted by molar-refractivity contribution is 5.84. The molecule has 2 amide bonds. The molecule has 7 heteroatoms. The predicted molar refractivity (Wildman–Crippen MR) is 133 cm³/mol. The zero-order chi connectivity index (χ0) is 24.9. The maximum atomic E-state index is 13.2. The molecular formula is C28H34N2O5. The lowest BCUT2D eigenvalue weighted by Crippen LogP contribution is -2.45. The van der Waals surface area contributed by atoms with Crippen molar-refractivity contribution >= 4 is 18.0 Å². The second-order valence-electron chi connectivity index (χ2n) is 10.1. The van der Waals surface area contributed by atoms with Crippen molar-refractivity contribution in [2.75, 3.05) is 26.2 Å². The van der Waals surface area contributed by atoms with Crippen LogP contribution in [-0.4, -0.2) is 54.2 Å². The summed E-state index contributed by atoms with van der Waals surface area (Å²) in [5.41, 5.74) is 4.60. The van der Waals surface area contributed by atoms with E-state index in [4.69, 9.17) is 4.74 Å². The number of carboxylic acid groups (broad SMARTS) is 1. The van der Waals surface area contributed by atoms with Gasteiger partial charge in [-0.3, -0.25) is 9.59 Å². The zero-order valence-corrected chi connectivity index (χ0v) is 20.4. The Bertz CT molecular complexity index is 1030. The van der Waals surface area contributed by atoms with Crippen molar-refractivity contribution in [2.45, 2.75) is 39.0 Å². The van der Waals surface area contributed by atoms with Crippen LogP contribution in [0, 0.1) is 17.8 Å². The molecule has 0 aromatic heterocycles. The van der Waals surface area contributed by atoms with Gasteiger partial charge in [0.25, 0.3) is 0 Å². The molecule has 4 rings (SSSR count). The van der Waals surface area contributed by atoms with Crippen LogP contribution in [0.4, 0.5) is 4.79 Å². The molecule has 2 aliphatic rings. The molecule has 7 nitrogen and oxygen atoms in total. The number of aliphatic carboxylic acids is 1. The topological polar surface area (TPSA) is 95.9 Å². The Hall–Kier alpha value is -3.35. The fraction of sp³-hybridized carbons (Fsp3) is 0.464. The van der Waals surface area contributed by atoms with Crippen molar-refractivity contribution in [2.24, 2.45) is 17.8 Å². The van der Waals surface area contributed by atoms with Gasteiger partial charge in [0.1, 0.15) is 13.2 Å². The molecule has 0 aliphatic heterocycles. The van der Waals surface area contributed by atoms with E-state index in [0.717, 1.165) is 35.1 Å². The summed E-state index contributed by atoms with van der Waals surface area (Å²) in [5, 5.41) is 12.0. The number of fused-ring (bicyclic) bond motifs is 3. The van der Waals surface area contributed by atoms with E-state index in [0.29, 0.717) is 18.9 Å². The number of rotatable bonds is 11. The fourth-order valence-corrected chi connectivity index (χ4v) is 4.96. The second-order valence-corrected chi connectivity index (χ2v) is 10.1. The molecule has 1 saturated carbocycles. The Balaban J connectivity index is 1.37. The van der Waals surface area contributed by atoms with Crippen LogP contribution in [0.3, 0.4) is 0 Å². The summed E-state index contributed by atoms with van der Waals surface area (Å²) in [6.45, 7) is 4.50. The molecule has 2 aromatic rings. The van der Waals surface area contributed by atoms with Crippen LogP contribution >= 0.6 is 0 Å². The number of benzene rings is 2. The standard InChI is InChI=1S/C28H34N2O5/c1-18(2)13-20(27(33)30(16-26(31)32)15-19-11-12-19)14-29-28(34)35-17-25-23-9-5-3-7-21(23)22-8-4-6-10-24(22)25/h3-10,18-20,25H,11-17H2,1-2H3,(H,29,34)(H,31,32). The molecule has 1 unspecified atom stereocenters. The van der Waals surface area contributed by atoms with Crippen LogP contribution < -0.4 is 5.32 Å². The largest absolute Gasteiger partial charge is 0.480 e. The van der Waals surface area contributed by atoms with Crippen LogP contribution in [0.15, 0.2) is 48.5 Å². The van der Waals surface area contributed by atoms with Crippen LogP contribution in [0.1, 0.15) is 50.2 Å². The second kappa shape index (κ2) is 10.9. The highest BCUT2D eigenvalue weighted by Crippen LogP contribution is 2.44. The van der Waals surface area contributed by atoms with Crippen LogP contribution in [0.5, 0.6) is 0 Å². The molecular weight excluding hydrogens is 444 g/mol. The molecule has 186 valence electrons. The van der Waals surface area contributed by atoms with Crippen molar-refractivity contribution < 1.29 is 24.2 Å². The molecule has 0 saturated heterocycles. The first-order valence-electron chi connectivity index (χ1n) is 12.4. The van der Waals surface area contributed by atoms with Crippen LogP contribution in [0.2, 0.25) is 0 Å². The number of carboxylic acids is 1. The average molecular weight is 479 g/mol. The molecule has 2 aromatic carbocycles. The van der Waals surface area contributed by atoms with Gasteiger partial charge in [0.2, 0.25) is 5.91 Å². The number of nitrogens with zero attached hydrogens (tertiary/aromatic N) is 1. The smallest absolute Gasteiger partial charge is 0.407 e. The summed E-state index contributed by atoms with van der Waals surface area (Å²) in [7, 11) is 0. The van der Waals surface area contributed by atoms with Crippen LogP contribution in [-0.2, 0) is 14.3 Å². The van der Waals surface area contributed by atoms with E-state index in [1.807, 2.05) is 38.1 Å². The number of carbonyl (C=O) groups is 3. The normalized spacial score (nSPS) is 15.3. The third-order valence-corrected chi connectivity index (χ3v) is 6.75. The lowest BCUT2D eigenvalue weighted by atomic mass is 9.95. The summed E-state index contributed by atoms with van der Waals surface area (Å²) in [6, 6.07) is 16.3. The van der Waals surface area contributed by atoms with Crippen LogP contribution in [0.25, 0.3) is 11.1 Å². The van der Waals surface area contributed by atoms with Gasteiger partial charge < -0.3 is 20.1 Å². The zero-order valence-electron chi connectivity index (χ0n) is 20.4. The summed E-state index contributed by atoms with van der Waals surface area (Å²) in [5.74, 6) is -1.16. The van der Waals surface area contributed by atoms with Gasteiger partial charge in [-0.05, 0) is 53.4 Å². The quantitative estimate of drug-likeness (QED) is 0.495. The number of ether oxygens (including phenoxy) is 1. The molecule has 0 bridgehead atoms. The van der Waals surface area contributed by atoms with Gasteiger partial charge in [0.15, 0.2) is 0 Å². The lowest BCUT2D eigenvalue weighted by Gasteiger charge is -2.27. The molecule has 0 radical (unpaired) electrons. The molecule has 2 N–H and O–H groups in total. The maximum Gasteiger partial charge on any atom is 0.407 e. The average Bonchev–Trinajstić information content (AvgIpc) is 3.59. The summed E-state index contributed by atoms with van der Waals surface area (Å²) >= 11 is 0. The van der Waals surface area contributed by atoms with Crippen molar-refractivity contribution in [1.82, 2.24) is 10.2 Å². The SMILES string of the molecule is CC(C)CC(CNC(=O)OCC1c2ccccc2-c2ccccc21)C(=O)N(CC(=O)O)CC1CC1. The van der Waals surface area contributed by atoms with E-state index in [1.54, 1.807) is 0 Å². The molecule has 35 heavy (non-hydrogen) atoms. The first-order valence-corrected chi connectivity index (χ1v) is 12.4. The highest BCUT2D eigenvalue weighted by atomic mass is 16.5. The molecule has 0 heterocycles. The van der Waals surface area contributed by atoms with Gasteiger partial charge in [-0.1, -0.05) is 62.4 Å². The first-order chi connectivity index (χ1) is 16.8. The number of carbonyl (C=O) groups excluding carboxylic acids is 2. The third-order valence-electron chi connectivity index (χ3n) is 6.75. The molecule has 1 fully saturated rings. The summed E-state index contributed by atoms with van der Waals surface area (Å²) in [4.78, 5) is 38.6. The first kappa shape index (κ1) is 24.8. The van der Waals surface area contributed by atoms with Gasteiger partial charge >= 0.3 is 12.1 Å². The molecule has 0 spiro atoms. The number of amides is 2. The minimum Gasteiger partial charge on any atom is -0.480 e. The Morgan fingerprint density at radius 2 is 1.63 bits per heavy atom. The molecule has 1 atom stereocenters. The van der Waals surface area contributed by atoms with Gasteiger partial charge in [0.05, 0.1) is 5.92 Å². The van der Waals surface area contributed by atoms with Crippen molar-refractivity contribution in [3.63, 3.8) is 0 Å². The number of hydrogen-bond donors (Lipinski definition) is 2. The monoisotopic (exact) mass is 478 g/mol. The third kappa shape index (κ3) is 6.21. The van der Waals surface area contributed by atoms with Gasteiger partial charge in [0, 0.05) is 19.0 Å². The van der Waals surface area contributed by atoms with Gasteiger partial charge in [-0.25, -0.2) is 4.79 Å². The Morgan fingerprint density at radius 3 is 2.17 bits per heavy atom. The van der Waals surface area contributed by atoms with Gasteiger partial charge in [-0.2, -0.15) is 0 Å². The lowest BCUT2D eigenvalue weighted by molar-refractivity contribution is -0.146. The predicted octanol–water partition coefficient (Wildman–Crippen LogP) is 4.51. The van der Waals surface area contributed by atoms with Crippen molar-refractivity contribution in [3.05, 3.63) is 59.7 Å². The molecule has 2 aliphatic carbocycles. The Morgan fingerprint density at radius 1 is 1.03 bits per heavy atom. The highest BCUT2D eigenvalue weighted by Gasteiger charge is 2.33. The van der Waals surface area contributed by atoms with Crippen molar-refractivity contribution in [3.8, 4) is 11.1 Å². The number of alkyl carbamates (subject to hydrolysis) is 1. The van der Waals surface area contributed by atoms with E-state index in [9.17, 15) is 19.5 Å². The minimum absolute atomic E-state index is 0.0363. The van der Waals surface area contributed by atoms with E-state index in [1.165, 1.54) is 4.90 Å². The summed E-state index contributed by atoms with van der Waals surface area (Å²) in [6.07, 6.45) is 2.04. The van der Waals surface area contributed by atoms with E-state index in [-0.39, 0.29) is 37.4 Å². The van der Waals surface area contributed by atoms with E-state index in [2.05, 4.69) is 29.6 Å². The Labute approximate surface area is 206 Å². The van der Waals surface area contributed by atoms with Crippen molar-refractivity contribution in [1.29, 1.82) is 0 Å². The van der Waals surface area contributed by atoms with E-state index < -0.39 is 18.0 Å². The van der Waals surface area contributed by atoms with Gasteiger partial charge in [-0.15, -0.1) is 0 Å². The van der Waals surface area contributed by atoms with E-state index >= 15 is 0 Å².